The number of ether oxygens (including phenoxy) is 1. The average Bonchev–Trinajstić information content (AvgIpc) is 3.37. The fourth-order valence-electron chi connectivity index (χ4n) is 2.95. The van der Waals surface area contributed by atoms with Crippen LogP contribution in [0.1, 0.15) is 17.4 Å². The van der Waals surface area contributed by atoms with E-state index >= 15 is 0 Å². The summed E-state index contributed by atoms with van der Waals surface area (Å²) in [5.41, 5.74) is 1.50. The second kappa shape index (κ2) is 7.08. The van der Waals surface area contributed by atoms with Gasteiger partial charge < -0.3 is 14.5 Å². The molecule has 0 aromatic carbocycles. The molecule has 3 aromatic heterocycles. The van der Waals surface area contributed by atoms with E-state index in [2.05, 4.69) is 4.98 Å². The Bertz CT molecular complexity index is 923. The molecule has 1 aliphatic rings. The van der Waals surface area contributed by atoms with Gasteiger partial charge in [0.1, 0.15) is 11.4 Å². The number of fused-ring (bicyclic) bond motifs is 1. The lowest BCUT2D eigenvalue weighted by atomic mass is 10.3. The molecule has 4 rings (SSSR count). The standard InChI is InChI=1S/C17H18N4O3S2/c1-2-24-17(23)20-7-5-19(6-8-20)15(22)13-11-26-16-18-12(10-21(13)16)14-4-3-9-25-14/h3-4,9-11H,2,5-8H2,1H3. The molecule has 26 heavy (non-hydrogen) atoms. The monoisotopic (exact) mass is 390 g/mol. The van der Waals surface area contributed by atoms with E-state index in [1.54, 1.807) is 28.1 Å². The van der Waals surface area contributed by atoms with Gasteiger partial charge in [-0.1, -0.05) is 6.07 Å². The van der Waals surface area contributed by atoms with Crippen LogP contribution in [0.2, 0.25) is 0 Å². The summed E-state index contributed by atoms with van der Waals surface area (Å²) < 4.78 is 6.88. The number of rotatable bonds is 3. The zero-order valence-electron chi connectivity index (χ0n) is 14.3. The molecule has 4 heterocycles. The lowest BCUT2D eigenvalue weighted by Gasteiger charge is -2.33. The van der Waals surface area contributed by atoms with E-state index in [0.717, 1.165) is 15.5 Å². The van der Waals surface area contributed by atoms with E-state index in [9.17, 15) is 9.59 Å². The first-order chi connectivity index (χ1) is 12.7. The zero-order valence-corrected chi connectivity index (χ0v) is 15.9. The molecule has 0 spiro atoms. The molecule has 1 aliphatic heterocycles. The molecular weight excluding hydrogens is 372 g/mol. The van der Waals surface area contributed by atoms with Gasteiger partial charge in [-0.3, -0.25) is 9.20 Å². The number of piperazine rings is 1. The first-order valence-electron chi connectivity index (χ1n) is 8.39. The largest absolute Gasteiger partial charge is 0.450 e. The van der Waals surface area contributed by atoms with E-state index in [1.807, 2.05) is 33.5 Å². The Balaban J connectivity index is 1.49. The first-order valence-corrected chi connectivity index (χ1v) is 10.1. The van der Waals surface area contributed by atoms with Gasteiger partial charge in [-0.15, -0.1) is 22.7 Å². The van der Waals surface area contributed by atoms with Gasteiger partial charge in [-0.25, -0.2) is 9.78 Å². The third-order valence-corrected chi connectivity index (χ3v) is 6.03. The Morgan fingerprint density at radius 1 is 1.19 bits per heavy atom. The highest BCUT2D eigenvalue weighted by Gasteiger charge is 2.27. The van der Waals surface area contributed by atoms with Crippen molar-refractivity contribution in [1.82, 2.24) is 19.2 Å². The van der Waals surface area contributed by atoms with E-state index in [1.165, 1.54) is 11.3 Å². The Hall–Kier alpha value is -2.39. The van der Waals surface area contributed by atoms with Gasteiger partial charge in [0.15, 0.2) is 4.96 Å². The number of thiophene rings is 1. The number of aromatic nitrogens is 2. The van der Waals surface area contributed by atoms with Crippen molar-refractivity contribution >= 4 is 39.6 Å². The number of nitrogens with zero attached hydrogens (tertiary/aromatic N) is 4. The normalized spacial score (nSPS) is 14.8. The number of amides is 2. The molecular formula is C17H18N4O3S2. The molecule has 2 amide bonds. The van der Waals surface area contributed by atoms with E-state index in [4.69, 9.17) is 4.74 Å². The number of carbonyl (C=O) groups is 2. The van der Waals surface area contributed by atoms with Crippen molar-refractivity contribution in [3.63, 3.8) is 0 Å². The molecule has 0 atom stereocenters. The maximum Gasteiger partial charge on any atom is 0.409 e. The minimum Gasteiger partial charge on any atom is -0.450 e. The summed E-state index contributed by atoms with van der Waals surface area (Å²) >= 11 is 3.09. The summed E-state index contributed by atoms with van der Waals surface area (Å²) in [7, 11) is 0. The molecule has 0 bridgehead atoms. The van der Waals surface area contributed by atoms with Gasteiger partial charge >= 0.3 is 6.09 Å². The minimum atomic E-state index is -0.312. The molecule has 0 saturated carbocycles. The molecule has 9 heteroatoms. The van der Waals surface area contributed by atoms with Gasteiger partial charge in [-0.05, 0) is 18.4 Å². The smallest absolute Gasteiger partial charge is 0.409 e. The Morgan fingerprint density at radius 3 is 2.65 bits per heavy atom. The van der Waals surface area contributed by atoms with Crippen LogP contribution in [0.5, 0.6) is 0 Å². The number of imidazole rings is 1. The topological polar surface area (TPSA) is 67.2 Å². The highest BCUT2D eigenvalue weighted by Crippen LogP contribution is 2.27. The fraction of sp³-hybridized carbons (Fsp3) is 0.353. The van der Waals surface area contributed by atoms with Crippen LogP contribution < -0.4 is 0 Å². The van der Waals surface area contributed by atoms with Crippen molar-refractivity contribution in [3.8, 4) is 10.6 Å². The lowest BCUT2D eigenvalue weighted by molar-refractivity contribution is 0.0565. The summed E-state index contributed by atoms with van der Waals surface area (Å²) in [6.07, 6.45) is 1.60. The summed E-state index contributed by atoms with van der Waals surface area (Å²) in [4.78, 5) is 34.6. The van der Waals surface area contributed by atoms with Crippen LogP contribution >= 0.6 is 22.7 Å². The van der Waals surface area contributed by atoms with Crippen molar-refractivity contribution in [2.24, 2.45) is 0 Å². The molecule has 1 saturated heterocycles. The highest BCUT2D eigenvalue weighted by molar-refractivity contribution is 7.15. The molecule has 136 valence electrons. The maximum atomic E-state index is 12.9. The van der Waals surface area contributed by atoms with Gasteiger partial charge in [0.25, 0.3) is 5.91 Å². The van der Waals surface area contributed by atoms with Crippen molar-refractivity contribution in [2.75, 3.05) is 32.8 Å². The predicted octanol–water partition coefficient (Wildman–Crippen LogP) is 3.04. The Labute approximate surface area is 158 Å². The fourth-order valence-corrected chi connectivity index (χ4v) is 4.48. The van der Waals surface area contributed by atoms with Crippen molar-refractivity contribution < 1.29 is 14.3 Å². The van der Waals surface area contributed by atoms with Crippen LogP contribution in [0.15, 0.2) is 29.1 Å². The van der Waals surface area contributed by atoms with Crippen LogP contribution in [0.25, 0.3) is 15.5 Å². The average molecular weight is 390 g/mol. The molecule has 0 unspecified atom stereocenters. The lowest BCUT2D eigenvalue weighted by Crippen LogP contribution is -2.50. The molecule has 0 radical (unpaired) electrons. The molecule has 0 N–H and O–H groups in total. The van der Waals surface area contributed by atoms with Crippen molar-refractivity contribution in [3.05, 3.63) is 34.8 Å². The van der Waals surface area contributed by atoms with Gasteiger partial charge in [0.05, 0.1) is 11.5 Å². The predicted molar refractivity (Wildman–Crippen MR) is 101 cm³/mol. The molecule has 1 fully saturated rings. The number of thiazole rings is 1. The minimum absolute atomic E-state index is 0.0325. The number of carbonyl (C=O) groups excluding carboxylic acids is 2. The number of hydrogen-bond donors (Lipinski definition) is 0. The van der Waals surface area contributed by atoms with Crippen LogP contribution in [-0.2, 0) is 4.74 Å². The zero-order chi connectivity index (χ0) is 18.1. The summed E-state index contributed by atoms with van der Waals surface area (Å²) in [6.45, 7) is 4.13. The van der Waals surface area contributed by atoms with Crippen LogP contribution in [0.3, 0.4) is 0 Å². The second-order valence-corrected chi connectivity index (χ2v) is 7.64. The highest BCUT2D eigenvalue weighted by atomic mass is 32.1. The van der Waals surface area contributed by atoms with E-state index in [-0.39, 0.29) is 12.0 Å². The molecule has 7 nitrogen and oxygen atoms in total. The van der Waals surface area contributed by atoms with Crippen LogP contribution in [0, 0.1) is 0 Å². The Morgan fingerprint density at radius 2 is 1.96 bits per heavy atom. The molecule has 0 aliphatic carbocycles. The third kappa shape index (κ3) is 3.08. The third-order valence-electron chi connectivity index (χ3n) is 4.29. The molecule has 3 aromatic rings. The van der Waals surface area contributed by atoms with Crippen LogP contribution in [-0.4, -0.2) is 64.0 Å². The van der Waals surface area contributed by atoms with Crippen molar-refractivity contribution in [2.45, 2.75) is 6.92 Å². The van der Waals surface area contributed by atoms with Gasteiger partial charge in [0, 0.05) is 37.8 Å². The first kappa shape index (κ1) is 17.0. The maximum absolute atomic E-state index is 12.9. The van der Waals surface area contributed by atoms with Gasteiger partial charge in [0.2, 0.25) is 0 Å². The second-order valence-electron chi connectivity index (χ2n) is 5.86. The van der Waals surface area contributed by atoms with E-state index < -0.39 is 0 Å². The van der Waals surface area contributed by atoms with E-state index in [0.29, 0.717) is 38.5 Å². The van der Waals surface area contributed by atoms with Crippen molar-refractivity contribution in [1.29, 1.82) is 0 Å². The Kier molecular flexibility index (Phi) is 4.64. The summed E-state index contributed by atoms with van der Waals surface area (Å²) in [6, 6.07) is 4.01. The summed E-state index contributed by atoms with van der Waals surface area (Å²) in [5, 5.41) is 3.86. The number of hydrogen-bond acceptors (Lipinski definition) is 6. The van der Waals surface area contributed by atoms with Gasteiger partial charge in [-0.2, -0.15) is 0 Å². The van der Waals surface area contributed by atoms with Crippen LogP contribution in [0.4, 0.5) is 4.79 Å². The SMILES string of the molecule is CCOC(=O)N1CCN(C(=O)c2csc3nc(-c4cccs4)cn23)CC1. The quantitative estimate of drug-likeness (QED) is 0.689. The summed E-state index contributed by atoms with van der Waals surface area (Å²) in [5.74, 6) is -0.0325.